The van der Waals surface area contributed by atoms with Gasteiger partial charge in [-0.15, -0.1) is 0 Å². The van der Waals surface area contributed by atoms with Gasteiger partial charge in [-0.1, -0.05) is 59.8 Å². The highest BCUT2D eigenvalue weighted by atomic mass is 19.1. The molecule has 4 N–H and O–H groups in total. The number of nitrogen functional groups attached to an aromatic ring is 2. The predicted molar refractivity (Wildman–Crippen MR) is 271 cm³/mol. The zero-order valence-electron chi connectivity index (χ0n) is 41.3. The average Bonchev–Trinajstić information content (AvgIpc) is 3.35. The number of rotatable bonds is 10. The molecule has 16 heteroatoms. The summed E-state index contributed by atoms with van der Waals surface area (Å²) in [4.78, 5) is 27.3. The number of hydrogen-bond donors (Lipinski definition) is 2. The van der Waals surface area contributed by atoms with Crippen LogP contribution in [0.25, 0.3) is 27.4 Å². The van der Waals surface area contributed by atoms with Crippen molar-refractivity contribution < 1.29 is 27.7 Å². The summed E-state index contributed by atoms with van der Waals surface area (Å²) in [7, 11) is 5.69. The van der Waals surface area contributed by atoms with Crippen LogP contribution in [0, 0.1) is 17.6 Å². The first-order chi connectivity index (χ1) is 31.8. The lowest BCUT2D eigenvalue weighted by Crippen LogP contribution is -2.33. The number of nitrogens with zero attached hydrogens (tertiary/aromatic N) is 8. The van der Waals surface area contributed by atoms with Crippen LogP contribution in [0.2, 0.25) is 0 Å². The second kappa shape index (κ2) is 26.6. The molecule has 4 aromatic rings. The van der Waals surface area contributed by atoms with E-state index in [9.17, 15) is 8.78 Å². The zero-order chi connectivity index (χ0) is 47.9. The second-order valence-electron chi connectivity index (χ2n) is 17.4. The van der Waals surface area contributed by atoms with Crippen molar-refractivity contribution in [3.63, 3.8) is 0 Å². The standard InChI is InChI=1S/C17H23FN4O2.C17H21FN4O2.C8H17N.C8H15N.CH4/c2*1-4-22-7-5-10(6-8-22)17-20-14-11(16(19)21-17)9-12(23-2)15(24-3)13(14)18;2*1-3-9-6-4-8(2)5-7-9;/h9-10H,4-8H2,1-3H3,(H2,19,20,21);5,9H,4,6-8H2,1-3H3,(H2,19,20,21);8H,3-7H2,1-2H3;4H,3,5-7H2,1-2H3;1H4. The predicted octanol–water partition coefficient (Wildman–Crippen LogP) is 9.08. The lowest BCUT2D eigenvalue weighted by Gasteiger charge is -2.30. The molecule has 0 amide bonds. The first kappa shape index (κ1) is 54.7. The van der Waals surface area contributed by atoms with Gasteiger partial charge in [0.15, 0.2) is 40.5 Å². The highest BCUT2D eigenvalue weighted by Crippen LogP contribution is 2.39. The molecule has 67 heavy (non-hydrogen) atoms. The summed E-state index contributed by atoms with van der Waals surface area (Å²) in [5.41, 5.74) is 15.0. The van der Waals surface area contributed by atoms with Gasteiger partial charge in [0.1, 0.15) is 28.5 Å². The van der Waals surface area contributed by atoms with E-state index in [-0.39, 0.29) is 59.0 Å². The highest BCUT2D eigenvalue weighted by molar-refractivity contribution is 5.93. The maximum absolute atomic E-state index is 14.8. The summed E-state index contributed by atoms with van der Waals surface area (Å²) in [5, 5.41) is 0.861. The van der Waals surface area contributed by atoms with Gasteiger partial charge in [0.2, 0.25) is 0 Å². The van der Waals surface area contributed by atoms with E-state index in [1.165, 1.54) is 87.0 Å². The number of halogens is 2. The molecule has 14 nitrogen and oxygen atoms in total. The molecular formula is C51H80F2N10O4. The van der Waals surface area contributed by atoms with Crippen molar-refractivity contribution in [1.29, 1.82) is 0 Å². The van der Waals surface area contributed by atoms with Gasteiger partial charge >= 0.3 is 0 Å². The van der Waals surface area contributed by atoms with E-state index in [0.29, 0.717) is 22.4 Å². The van der Waals surface area contributed by atoms with Gasteiger partial charge in [-0.05, 0) is 121 Å². The number of likely N-dealkylation sites (tertiary alicyclic amines) is 2. The number of methoxy groups -OCH3 is 4. The van der Waals surface area contributed by atoms with Gasteiger partial charge in [0, 0.05) is 42.9 Å². The molecule has 0 saturated carbocycles. The van der Waals surface area contributed by atoms with Crippen molar-refractivity contribution in [2.45, 2.75) is 93.4 Å². The molecular weight excluding hydrogens is 855 g/mol. The molecule has 0 atom stereocenters. The Kier molecular flexibility index (Phi) is 21.7. The van der Waals surface area contributed by atoms with E-state index >= 15 is 0 Å². The fraction of sp³-hybridized carbons (Fsp3) is 0.608. The third-order valence-corrected chi connectivity index (χ3v) is 13.3. The van der Waals surface area contributed by atoms with Crippen LogP contribution in [0.4, 0.5) is 20.4 Å². The van der Waals surface area contributed by atoms with E-state index in [1.54, 1.807) is 17.7 Å². The number of anilines is 2. The Bertz CT molecular complexity index is 2260. The Morgan fingerprint density at radius 2 is 1.06 bits per heavy atom. The summed E-state index contributed by atoms with van der Waals surface area (Å²) in [6.45, 7) is 26.6. The van der Waals surface area contributed by atoms with E-state index < -0.39 is 11.6 Å². The molecule has 6 heterocycles. The molecule has 2 aromatic carbocycles. The Hall–Kier alpha value is -4.90. The molecule has 372 valence electrons. The van der Waals surface area contributed by atoms with Crippen LogP contribution in [-0.4, -0.2) is 147 Å². The summed E-state index contributed by atoms with van der Waals surface area (Å²) in [6.07, 6.45) is 11.2. The van der Waals surface area contributed by atoms with Gasteiger partial charge < -0.3 is 40.2 Å². The number of piperidine rings is 2. The minimum absolute atomic E-state index is 0. The first-order valence-corrected chi connectivity index (χ1v) is 23.8. The van der Waals surface area contributed by atoms with Crippen molar-refractivity contribution in [1.82, 2.24) is 39.5 Å². The Morgan fingerprint density at radius 3 is 1.49 bits per heavy atom. The molecule has 0 radical (unpaired) electrons. The smallest absolute Gasteiger partial charge is 0.199 e. The fourth-order valence-corrected chi connectivity index (χ4v) is 8.63. The number of hydrogen-bond acceptors (Lipinski definition) is 14. The molecule has 0 bridgehead atoms. The largest absolute Gasteiger partial charge is 0.493 e. The number of benzene rings is 2. The van der Waals surface area contributed by atoms with Crippen LogP contribution in [0.15, 0.2) is 29.9 Å². The molecule has 2 aromatic heterocycles. The van der Waals surface area contributed by atoms with Crippen molar-refractivity contribution in [2.24, 2.45) is 5.92 Å². The summed E-state index contributed by atoms with van der Waals surface area (Å²) in [5.74, 6) is 2.22. The number of ether oxygens (including phenoxy) is 4. The minimum Gasteiger partial charge on any atom is -0.493 e. The molecule has 4 aliphatic rings. The highest BCUT2D eigenvalue weighted by Gasteiger charge is 2.26. The number of nitrogens with two attached hydrogens (primary N) is 2. The van der Waals surface area contributed by atoms with Crippen LogP contribution in [-0.2, 0) is 0 Å². The van der Waals surface area contributed by atoms with Crippen molar-refractivity contribution in [2.75, 3.05) is 118 Å². The molecule has 0 unspecified atom stereocenters. The van der Waals surface area contributed by atoms with Crippen LogP contribution in [0.1, 0.15) is 105 Å². The lowest BCUT2D eigenvalue weighted by molar-refractivity contribution is 0.201. The van der Waals surface area contributed by atoms with Crippen LogP contribution >= 0.6 is 0 Å². The van der Waals surface area contributed by atoms with E-state index in [2.05, 4.69) is 93.2 Å². The van der Waals surface area contributed by atoms with Crippen LogP contribution in [0.3, 0.4) is 0 Å². The van der Waals surface area contributed by atoms with Crippen molar-refractivity contribution in [3.8, 4) is 23.0 Å². The fourth-order valence-electron chi connectivity index (χ4n) is 8.63. The van der Waals surface area contributed by atoms with Crippen LogP contribution < -0.4 is 30.4 Å². The van der Waals surface area contributed by atoms with Crippen LogP contribution in [0.5, 0.6) is 23.0 Å². The van der Waals surface area contributed by atoms with E-state index in [0.717, 1.165) is 70.0 Å². The minimum atomic E-state index is -0.589. The molecule has 0 aliphatic carbocycles. The first-order valence-electron chi connectivity index (χ1n) is 23.8. The summed E-state index contributed by atoms with van der Waals surface area (Å²) in [6, 6.07) is 3.22. The van der Waals surface area contributed by atoms with Gasteiger partial charge in [-0.25, -0.2) is 28.7 Å². The van der Waals surface area contributed by atoms with Crippen molar-refractivity contribution in [3.05, 3.63) is 53.1 Å². The quantitative estimate of drug-likeness (QED) is 0.145. The summed E-state index contributed by atoms with van der Waals surface area (Å²) >= 11 is 0. The SMILES string of the molecule is C.CCN1CC=C(C)CC1.CCN1CC=C(c2nc(N)c3cc(OC)c(OC)c(F)c3n2)CC1.CCN1CCC(C)CC1.CCN1CCC(c2nc(N)c3cc(OC)c(OC)c(F)c3n2)CC1. The zero-order valence-corrected chi connectivity index (χ0v) is 41.3. The Labute approximate surface area is 399 Å². The molecule has 2 saturated heterocycles. The number of likely N-dealkylation sites (N-methyl/N-ethyl adjacent to an activating group) is 2. The third-order valence-electron chi connectivity index (χ3n) is 13.3. The molecule has 2 fully saturated rings. The lowest BCUT2D eigenvalue weighted by atomic mass is 9.95. The van der Waals surface area contributed by atoms with Gasteiger partial charge in [0.25, 0.3) is 0 Å². The van der Waals surface area contributed by atoms with Crippen molar-refractivity contribution >= 4 is 39.0 Å². The Morgan fingerprint density at radius 1 is 0.597 bits per heavy atom. The molecule has 8 rings (SSSR count). The second-order valence-corrected chi connectivity index (χ2v) is 17.4. The van der Waals surface area contributed by atoms with Gasteiger partial charge in [0.05, 0.1) is 28.4 Å². The average molecular weight is 935 g/mol. The van der Waals surface area contributed by atoms with Gasteiger partial charge in [-0.3, -0.25) is 9.80 Å². The number of fused-ring (bicyclic) bond motifs is 2. The summed E-state index contributed by atoms with van der Waals surface area (Å²) < 4.78 is 50.1. The van der Waals surface area contributed by atoms with E-state index in [4.69, 9.17) is 30.4 Å². The molecule has 4 aliphatic heterocycles. The number of aromatic nitrogens is 4. The topological polar surface area (TPSA) is 153 Å². The maximum Gasteiger partial charge on any atom is 0.199 e. The third kappa shape index (κ3) is 14.1. The maximum atomic E-state index is 14.8. The monoisotopic (exact) mass is 935 g/mol. The molecule has 0 spiro atoms. The Balaban J connectivity index is 0.000000213. The normalized spacial score (nSPS) is 17.7. The van der Waals surface area contributed by atoms with E-state index in [1.807, 2.05) is 0 Å². The van der Waals surface area contributed by atoms with Gasteiger partial charge in [-0.2, -0.15) is 0 Å².